The van der Waals surface area contributed by atoms with Gasteiger partial charge in [-0.1, -0.05) is 30.7 Å². The summed E-state index contributed by atoms with van der Waals surface area (Å²) in [5.74, 6) is 0. The fraction of sp³-hybridized carbons (Fsp3) is 0.333. The van der Waals surface area contributed by atoms with Crippen LogP contribution in [0.5, 0.6) is 0 Å². The summed E-state index contributed by atoms with van der Waals surface area (Å²) in [5, 5.41) is 0.225. The van der Waals surface area contributed by atoms with E-state index in [1.54, 1.807) is 0 Å². The molecule has 0 saturated carbocycles. The predicted octanol–water partition coefficient (Wildman–Crippen LogP) is 1.86. The van der Waals surface area contributed by atoms with E-state index in [1.807, 2.05) is 6.92 Å². The zero-order valence-corrected chi connectivity index (χ0v) is 8.21. The molecule has 3 nitrogen and oxygen atoms in total. The molecule has 0 aliphatic carbocycles. The van der Waals surface area contributed by atoms with Gasteiger partial charge in [-0.05, 0) is 6.42 Å². The van der Waals surface area contributed by atoms with E-state index in [4.69, 9.17) is 11.6 Å². The van der Waals surface area contributed by atoms with E-state index in [9.17, 15) is 4.79 Å². The fourth-order valence-electron chi connectivity index (χ4n) is 0.875. The summed E-state index contributed by atoms with van der Waals surface area (Å²) >= 11 is 5.54. The number of nitrogens with zero attached hydrogens (tertiary/aromatic N) is 2. The predicted molar refractivity (Wildman–Crippen MR) is 52.9 cm³/mol. The van der Waals surface area contributed by atoms with Crippen LogP contribution in [-0.2, 0) is 6.54 Å². The van der Waals surface area contributed by atoms with Gasteiger partial charge in [0.1, 0.15) is 5.15 Å². The Labute approximate surface area is 81.7 Å². The van der Waals surface area contributed by atoms with Crippen molar-refractivity contribution in [1.82, 2.24) is 9.55 Å². The number of aromatic nitrogens is 2. The van der Waals surface area contributed by atoms with Crippen LogP contribution in [0.25, 0.3) is 0 Å². The van der Waals surface area contributed by atoms with E-state index < -0.39 is 0 Å². The fourth-order valence-corrected chi connectivity index (χ4v) is 1.01. The average molecular weight is 199 g/mol. The molecule has 0 spiro atoms. The van der Waals surface area contributed by atoms with E-state index in [0.29, 0.717) is 6.54 Å². The van der Waals surface area contributed by atoms with E-state index >= 15 is 0 Å². The molecule has 0 radical (unpaired) electrons. The molecule has 0 fully saturated rings. The zero-order chi connectivity index (χ0) is 9.84. The summed E-state index contributed by atoms with van der Waals surface area (Å²) in [4.78, 5) is 15.1. The van der Waals surface area contributed by atoms with Gasteiger partial charge in [0, 0.05) is 12.6 Å². The van der Waals surface area contributed by atoms with Crippen molar-refractivity contribution in [2.75, 3.05) is 0 Å². The zero-order valence-electron chi connectivity index (χ0n) is 7.46. The van der Waals surface area contributed by atoms with Crippen LogP contribution >= 0.6 is 11.6 Å². The van der Waals surface area contributed by atoms with Crippen molar-refractivity contribution < 1.29 is 0 Å². The van der Waals surface area contributed by atoms with Crippen molar-refractivity contribution in [2.45, 2.75) is 19.9 Å². The van der Waals surface area contributed by atoms with Gasteiger partial charge in [0.25, 0.3) is 5.56 Å². The maximum Gasteiger partial charge on any atom is 0.255 e. The smallest absolute Gasteiger partial charge is 0.255 e. The van der Waals surface area contributed by atoms with E-state index in [0.717, 1.165) is 12.0 Å². The van der Waals surface area contributed by atoms with Crippen molar-refractivity contribution in [3.63, 3.8) is 0 Å². The number of allylic oxidation sites excluding steroid dienone is 1. The molecule has 0 amide bonds. The van der Waals surface area contributed by atoms with Crippen LogP contribution < -0.4 is 5.56 Å². The standard InChI is InChI=1S/C9H11ClN2O/c1-3-7(2)5-12-6-11-8(10)4-9(12)13/h4,6H,2-3,5H2,1H3. The molecule has 13 heavy (non-hydrogen) atoms. The minimum absolute atomic E-state index is 0.144. The number of halogens is 1. The summed E-state index contributed by atoms with van der Waals surface area (Å²) < 4.78 is 1.48. The molecule has 0 unspecified atom stereocenters. The first-order chi connectivity index (χ1) is 6.13. The topological polar surface area (TPSA) is 34.9 Å². The molecule has 0 atom stereocenters. The average Bonchev–Trinajstić information content (AvgIpc) is 2.09. The minimum atomic E-state index is -0.144. The van der Waals surface area contributed by atoms with Gasteiger partial charge in [-0.2, -0.15) is 0 Å². The Kier molecular flexibility index (Phi) is 3.25. The third-order valence-corrected chi connectivity index (χ3v) is 1.95. The summed E-state index contributed by atoms with van der Waals surface area (Å²) in [6.45, 7) is 6.32. The molecule has 4 heteroatoms. The van der Waals surface area contributed by atoms with Crippen LogP contribution in [-0.4, -0.2) is 9.55 Å². The molecule has 0 aliphatic heterocycles. The Balaban J connectivity index is 2.90. The Morgan fingerprint density at radius 3 is 3.00 bits per heavy atom. The van der Waals surface area contributed by atoms with Crippen molar-refractivity contribution in [3.8, 4) is 0 Å². The Morgan fingerprint density at radius 1 is 1.77 bits per heavy atom. The van der Waals surface area contributed by atoms with Gasteiger partial charge in [0.05, 0.1) is 6.33 Å². The van der Waals surface area contributed by atoms with Crippen LogP contribution in [0.1, 0.15) is 13.3 Å². The third-order valence-electron chi connectivity index (χ3n) is 1.74. The van der Waals surface area contributed by atoms with Gasteiger partial charge < -0.3 is 0 Å². The van der Waals surface area contributed by atoms with Gasteiger partial charge >= 0.3 is 0 Å². The molecule has 1 rings (SSSR count). The molecule has 0 N–H and O–H groups in total. The van der Waals surface area contributed by atoms with Gasteiger partial charge in [0.15, 0.2) is 0 Å². The van der Waals surface area contributed by atoms with Gasteiger partial charge in [-0.25, -0.2) is 4.98 Å². The molecular weight excluding hydrogens is 188 g/mol. The maximum absolute atomic E-state index is 11.3. The van der Waals surface area contributed by atoms with Crippen molar-refractivity contribution in [1.29, 1.82) is 0 Å². The molecule has 0 aromatic carbocycles. The van der Waals surface area contributed by atoms with E-state index in [-0.39, 0.29) is 10.7 Å². The van der Waals surface area contributed by atoms with Crippen LogP contribution in [0.15, 0.2) is 29.3 Å². The monoisotopic (exact) mass is 198 g/mol. The normalized spacial score (nSPS) is 10.0. The lowest BCUT2D eigenvalue weighted by Gasteiger charge is -2.04. The SMILES string of the molecule is C=C(CC)Cn1cnc(Cl)cc1=O. The summed E-state index contributed by atoms with van der Waals surface area (Å²) in [5.41, 5.74) is 0.848. The molecule has 70 valence electrons. The maximum atomic E-state index is 11.3. The molecule has 0 saturated heterocycles. The Bertz CT molecular complexity index is 370. The second kappa shape index (κ2) is 4.23. The van der Waals surface area contributed by atoms with E-state index in [2.05, 4.69) is 11.6 Å². The van der Waals surface area contributed by atoms with Gasteiger partial charge in [-0.15, -0.1) is 0 Å². The van der Waals surface area contributed by atoms with Crippen molar-refractivity contribution >= 4 is 11.6 Å². The first kappa shape index (κ1) is 9.99. The van der Waals surface area contributed by atoms with Gasteiger partial charge in [0.2, 0.25) is 0 Å². The van der Waals surface area contributed by atoms with Gasteiger partial charge in [-0.3, -0.25) is 9.36 Å². The highest BCUT2D eigenvalue weighted by Crippen LogP contribution is 2.01. The highest BCUT2D eigenvalue weighted by Gasteiger charge is 1.98. The third kappa shape index (κ3) is 2.70. The largest absolute Gasteiger partial charge is 0.295 e. The molecular formula is C9H11ClN2O. The lowest BCUT2D eigenvalue weighted by atomic mass is 10.2. The van der Waals surface area contributed by atoms with E-state index in [1.165, 1.54) is 17.0 Å². The lowest BCUT2D eigenvalue weighted by Crippen LogP contribution is -2.19. The Morgan fingerprint density at radius 2 is 2.46 bits per heavy atom. The molecule has 0 aliphatic rings. The highest BCUT2D eigenvalue weighted by atomic mass is 35.5. The number of hydrogen-bond acceptors (Lipinski definition) is 2. The van der Waals surface area contributed by atoms with Crippen LogP contribution in [0.2, 0.25) is 5.15 Å². The molecule has 1 heterocycles. The van der Waals surface area contributed by atoms with Crippen LogP contribution in [0.3, 0.4) is 0 Å². The first-order valence-electron chi connectivity index (χ1n) is 4.02. The molecule has 1 aromatic heterocycles. The quantitative estimate of drug-likeness (QED) is 0.549. The molecule has 1 aromatic rings. The number of rotatable bonds is 3. The second-order valence-corrected chi connectivity index (χ2v) is 3.17. The van der Waals surface area contributed by atoms with Crippen molar-refractivity contribution in [2.24, 2.45) is 0 Å². The lowest BCUT2D eigenvalue weighted by molar-refractivity contribution is 0.709. The van der Waals surface area contributed by atoms with Crippen LogP contribution in [0, 0.1) is 0 Å². The first-order valence-corrected chi connectivity index (χ1v) is 4.40. The summed E-state index contributed by atoms with van der Waals surface area (Å²) in [6, 6.07) is 1.30. The summed E-state index contributed by atoms with van der Waals surface area (Å²) in [6.07, 6.45) is 2.29. The van der Waals surface area contributed by atoms with Crippen LogP contribution in [0.4, 0.5) is 0 Å². The number of hydrogen-bond donors (Lipinski definition) is 0. The highest BCUT2D eigenvalue weighted by molar-refractivity contribution is 6.29. The Hall–Kier alpha value is -1.09. The van der Waals surface area contributed by atoms with Crippen molar-refractivity contribution in [3.05, 3.63) is 40.1 Å². The summed E-state index contributed by atoms with van der Waals surface area (Å²) in [7, 11) is 0. The minimum Gasteiger partial charge on any atom is -0.295 e. The second-order valence-electron chi connectivity index (χ2n) is 2.78. The molecule has 0 bridgehead atoms.